The van der Waals surface area contributed by atoms with Crippen molar-refractivity contribution in [3.8, 4) is 0 Å². The molecule has 1 fully saturated rings. The minimum absolute atomic E-state index is 0.0493. The molecule has 2 heterocycles. The molecule has 0 saturated carbocycles. The van der Waals surface area contributed by atoms with E-state index in [-0.39, 0.29) is 11.6 Å². The summed E-state index contributed by atoms with van der Waals surface area (Å²) in [4.78, 5) is 32.0. The van der Waals surface area contributed by atoms with Crippen LogP contribution in [0.1, 0.15) is 0 Å². The topological polar surface area (TPSA) is 90.1 Å². The largest absolute Gasteiger partial charge is 0.354 e. The van der Waals surface area contributed by atoms with Gasteiger partial charge in [-0.3, -0.25) is 9.78 Å². The predicted octanol–water partition coefficient (Wildman–Crippen LogP) is 0.360. The molecule has 7 heteroatoms. The number of hydrogen-bond donors (Lipinski definition) is 3. The van der Waals surface area contributed by atoms with Crippen LogP contribution in [-0.2, 0) is 0 Å². The zero-order chi connectivity index (χ0) is 13.9. The van der Waals surface area contributed by atoms with E-state index in [1.807, 2.05) is 6.07 Å². The van der Waals surface area contributed by atoms with Crippen LogP contribution in [0.3, 0.4) is 0 Å². The molecule has 1 saturated heterocycles. The smallest absolute Gasteiger partial charge is 0.317 e. The van der Waals surface area contributed by atoms with E-state index < -0.39 is 0 Å². The Labute approximate surface area is 115 Å². The van der Waals surface area contributed by atoms with Crippen molar-refractivity contribution in [1.29, 1.82) is 0 Å². The van der Waals surface area contributed by atoms with Crippen molar-refractivity contribution in [3.05, 3.63) is 34.6 Å². The summed E-state index contributed by atoms with van der Waals surface area (Å²) in [5.41, 5.74) is 0.481. The second kappa shape index (κ2) is 5.20. The molecule has 104 valence electrons. The van der Waals surface area contributed by atoms with Crippen molar-refractivity contribution in [2.24, 2.45) is 0 Å². The third-order valence-electron chi connectivity index (χ3n) is 3.23. The normalized spacial score (nSPS) is 14.6. The Balaban J connectivity index is 1.68. The summed E-state index contributed by atoms with van der Waals surface area (Å²) >= 11 is 0. The van der Waals surface area contributed by atoms with Gasteiger partial charge in [-0.15, -0.1) is 0 Å². The van der Waals surface area contributed by atoms with E-state index in [9.17, 15) is 9.59 Å². The summed E-state index contributed by atoms with van der Waals surface area (Å²) in [7, 11) is 0. The van der Waals surface area contributed by atoms with Gasteiger partial charge in [0.15, 0.2) is 0 Å². The molecule has 7 nitrogen and oxygen atoms in total. The van der Waals surface area contributed by atoms with Crippen molar-refractivity contribution in [2.45, 2.75) is 0 Å². The van der Waals surface area contributed by atoms with Crippen molar-refractivity contribution >= 4 is 22.9 Å². The minimum Gasteiger partial charge on any atom is -0.354 e. The van der Waals surface area contributed by atoms with Crippen molar-refractivity contribution < 1.29 is 4.79 Å². The summed E-state index contributed by atoms with van der Waals surface area (Å²) in [6, 6.07) is 7.13. The first-order chi connectivity index (χ1) is 9.74. The molecule has 3 rings (SSSR count). The van der Waals surface area contributed by atoms with Crippen molar-refractivity contribution in [1.82, 2.24) is 20.2 Å². The molecule has 1 aromatic heterocycles. The monoisotopic (exact) mass is 273 g/mol. The molecule has 1 aromatic carbocycles. The molecule has 0 radical (unpaired) electrons. The van der Waals surface area contributed by atoms with E-state index in [1.165, 1.54) is 0 Å². The molecular weight excluding hydrogens is 258 g/mol. The maximum atomic E-state index is 11.9. The van der Waals surface area contributed by atoms with Gasteiger partial charge in [0.1, 0.15) is 0 Å². The predicted molar refractivity (Wildman–Crippen MR) is 75.8 cm³/mol. The van der Waals surface area contributed by atoms with Crippen LogP contribution in [0.2, 0.25) is 0 Å². The lowest BCUT2D eigenvalue weighted by Crippen LogP contribution is -2.32. The number of carbonyl (C=O) groups excluding carboxylic acids is 1. The Kier molecular flexibility index (Phi) is 3.24. The van der Waals surface area contributed by atoms with Crippen LogP contribution >= 0.6 is 0 Å². The van der Waals surface area contributed by atoms with E-state index >= 15 is 0 Å². The zero-order valence-electron chi connectivity index (χ0n) is 10.8. The van der Waals surface area contributed by atoms with Crippen molar-refractivity contribution in [2.75, 3.05) is 31.5 Å². The van der Waals surface area contributed by atoms with Gasteiger partial charge in [-0.25, -0.2) is 9.78 Å². The highest BCUT2D eigenvalue weighted by Gasteiger charge is 2.18. The number of carbonyl (C=O) groups is 1. The van der Waals surface area contributed by atoms with Crippen LogP contribution in [0.15, 0.2) is 29.1 Å². The average molecular weight is 273 g/mol. The molecule has 0 spiro atoms. The maximum Gasteiger partial charge on any atom is 0.317 e. The molecule has 20 heavy (non-hydrogen) atoms. The first-order valence-corrected chi connectivity index (χ1v) is 6.50. The van der Waals surface area contributed by atoms with Gasteiger partial charge in [0, 0.05) is 26.2 Å². The lowest BCUT2D eigenvalue weighted by Gasteiger charge is -2.14. The summed E-state index contributed by atoms with van der Waals surface area (Å²) in [6.07, 6.45) is 0. The molecule has 2 aromatic rings. The minimum atomic E-state index is -0.169. The molecule has 0 bridgehead atoms. The van der Waals surface area contributed by atoms with Gasteiger partial charge in [0.2, 0.25) is 5.95 Å². The van der Waals surface area contributed by atoms with Crippen LogP contribution in [0.5, 0.6) is 0 Å². The first-order valence-electron chi connectivity index (χ1n) is 6.50. The Hall–Kier alpha value is -2.57. The number of hydrogen-bond acceptors (Lipinski definition) is 4. The lowest BCUT2D eigenvalue weighted by molar-refractivity contribution is 0.219. The number of fused-ring (bicyclic) bond motifs is 1. The fraction of sp³-hybridized carbons (Fsp3) is 0.308. The highest BCUT2D eigenvalue weighted by atomic mass is 16.2. The maximum absolute atomic E-state index is 11.9. The highest BCUT2D eigenvalue weighted by molar-refractivity contribution is 5.78. The molecule has 1 aliphatic heterocycles. The Morgan fingerprint density at radius 2 is 2.15 bits per heavy atom. The number of aromatic amines is 1. The molecule has 3 N–H and O–H groups in total. The number of urea groups is 1. The quantitative estimate of drug-likeness (QED) is 0.750. The third-order valence-corrected chi connectivity index (χ3v) is 3.23. The number of benzene rings is 1. The third kappa shape index (κ3) is 2.42. The van der Waals surface area contributed by atoms with E-state index in [2.05, 4.69) is 20.6 Å². The fourth-order valence-corrected chi connectivity index (χ4v) is 2.20. The van der Waals surface area contributed by atoms with E-state index in [4.69, 9.17) is 0 Å². The number of rotatable bonds is 4. The molecular formula is C13H15N5O2. The van der Waals surface area contributed by atoms with Crippen LogP contribution in [0, 0.1) is 0 Å². The second-order valence-corrected chi connectivity index (χ2v) is 4.58. The Bertz CT molecular complexity index is 696. The Morgan fingerprint density at radius 1 is 1.30 bits per heavy atom. The first kappa shape index (κ1) is 12.5. The number of amides is 2. The number of aromatic nitrogens is 2. The van der Waals surface area contributed by atoms with E-state index in [0.717, 1.165) is 0 Å². The van der Waals surface area contributed by atoms with E-state index in [0.29, 0.717) is 43.0 Å². The summed E-state index contributed by atoms with van der Waals surface area (Å²) in [5.74, 6) is 0.424. The van der Waals surface area contributed by atoms with E-state index in [1.54, 1.807) is 23.1 Å². The van der Waals surface area contributed by atoms with Crippen LogP contribution in [-0.4, -0.2) is 47.1 Å². The Morgan fingerprint density at radius 3 is 2.95 bits per heavy atom. The SMILES string of the molecule is O=C1NCCN1CCNc1nc2ccccc2c(=O)[nH]1. The van der Waals surface area contributed by atoms with Gasteiger partial charge in [0.25, 0.3) is 5.56 Å². The number of H-pyrrole nitrogens is 1. The summed E-state index contributed by atoms with van der Waals surface area (Å²) < 4.78 is 0. The van der Waals surface area contributed by atoms with Gasteiger partial charge in [0.05, 0.1) is 10.9 Å². The van der Waals surface area contributed by atoms with Gasteiger partial charge < -0.3 is 15.5 Å². The second-order valence-electron chi connectivity index (χ2n) is 4.58. The molecule has 1 aliphatic rings. The zero-order valence-corrected chi connectivity index (χ0v) is 10.8. The number of nitrogens with one attached hydrogen (secondary N) is 3. The fourth-order valence-electron chi connectivity index (χ4n) is 2.20. The van der Waals surface area contributed by atoms with Gasteiger partial charge in [-0.2, -0.15) is 0 Å². The van der Waals surface area contributed by atoms with Gasteiger partial charge >= 0.3 is 6.03 Å². The van der Waals surface area contributed by atoms with Crippen LogP contribution < -0.4 is 16.2 Å². The summed E-state index contributed by atoms with van der Waals surface area (Å²) in [5, 5.41) is 6.34. The highest BCUT2D eigenvalue weighted by Crippen LogP contribution is 2.07. The number of anilines is 1. The van der Waals surface area contributed by atoms with Gasteiger partial charge in [-0.05, 0) is 12.1 Å². The van der Waals surface area contributed by atoms with Crippen LogP contribution in [0.25, 0.3) is 10.9 Å². The molecule has 0 aliphatic carbocycles. The summed E-state index contributed by atoms with van der Waals surface area (Å²) in [6.45, 7) is 2.50. The van der Waals surface area contributed by atoms with Gasteiger partial charge in [-0.1, -0.05) is 12.1 Å². The standard InChI is InChI=1S/C13H15N5O2/c19-11-9-3-1-2-4-10(9)16-12(17-11)14-5-7-18-8-6-15-13(18)20/h1-4H,5-8H2,(H,15,20)(H2,14,16,17,19). The molecule has 2 amide bonds. The average Bonchev–Trinajstić information content (AvgIpc) is 2.85. The number of para-hydroxylation sites is 1. The molecule has 0 atom stereocenters. The lowest BCUT2D eigenvalue weighted by atomic mass is 10.2. The van der Waals surface area contributed by atoms with Crippen molar-refractivity contribution in [3.63, 3.8) is 0 Å². The number of nitrogens with zero attached hydrogens (tertiary/aromatic N) is 2. The van der Waals surface area contributed by atoms with Crippen LogP contribution in [0.4, 0.5) is 10.7 Å². The molecule has 0 unspecified atom stereocenters.